The van der Waals surface area contributed by atoms with Crippen LogP contribution in [0.5, 0.6) is 0 Å². The normalized spacial score (nSPS) is 12.8. The molecule has 0 aliphatic heterocycles. The van der Waals surface area contributed by atoms with E-state index in [0.717, 1.165) is 21.8 Å². The lowest BCUT2D eigenvalue weighted by atomic mass is 9.87. The Labute approximate surface area is 211 Å². The number of ketones is 1. The van der Waals surface area contributed by atoms with Gasteiger partial charge in [0.1, 0.15) is 0 Å². The van der Waals surface area contributed by atoms with E-state index < -0.39 is 39.5 Å². The Morgan fingerprint density at radius 3 is 2.36 bits per heavy atom. The van der Waals surface area contributed by atoms with E-state index in [2.05, 4.69) is 5.10 Å². The molecule has 0 atom stereocenters. The highest BCUT2D eigenvalue weighted by molar-refractivity contribution is 7.90. The zero-order valence-electron chi connectivity index (χ0n) is 19.6. The van der Waals surface area contributed by atoms with Gasteiger partial charge in [-0.3, -0.25) is 4.79 Å². The van der Waals surface area contributed by atoms with Crippen molar-refractivity contribution in [2.75, 3.05) is 0 Å². The first-order valence-corrected chi connectivity index (χ1v) is 12.7. The number of fused-ring (bicyclic) bond motifs is 1. The lowest BCUT2D eigenvalue weighted by molar-refractivity contribution is -0.137. The minimum absolute atomic E-state index is 0.0484. The molecule has 0 fully saturated rings. The number of carbonyl (C=O) groups is 1. The highest BCUT2D eigenvalue weighted by Gasteiger charge is 2.36. The van der Waals surface area contributed by atoms with E-state index in [9.17, 15) is 26.4 Å². The molecule has 0 amide bonds. The summed E-state index contributed by atoms with van der Waals surface area (Å²) in [4.78, 5) is 12.9. The molecule has 5 nitrogen and oxygen atoms in total. The minimum Gasteiger partial charge on any atom is -0.294 e. The van der Waals surface area contributed by atoms with Crippen LogP contribution in [-0.2, 0) is 28.0 Å². The number of carbonyl (C=O) groups excluding carboxylic acids is 1. The average Bonchev–Trinajstić information content (AvgIpc) is 3.22. The zero-order valence-corrected chi connectivity index (χ0v) is 21.2. The molecule has 0 radical (unpaired) electrons. The third kappa shape index (κ3) is 4.90. The van der Waals surface area contributed by atoms with Crippen LogP contribution in [0.1, 0.15) is 47.8 Å². The fourth-order valence-corrected chi connectivity index (χ4v) is 5.48. The first kappa shape index (κ1) is 25.9. The van der Waals surface area contributed by atoms with Crippen molar-refractivity contribution in [2.45, 2.75) is 43.7 Å². The van der Waals surface area contributed by atoms with Crippen LogP contribution in [0.4, 0.5) is 13.2 Å². The van der Waals surface area contributed by atoms with Gasteiger partial charge in [0.25, 0.3) is 10.0 Å². The molecule has 0 bridgehead atoms. The van der Waals surface area contributed by atoms with Gasteiger partial charge in [-0.2, -0.15) is 30.8 Å². The summed E-state index contributed by atoms with van der Waals surface area (Å²) in [6, 6.07) is 14.3. The van der Waals surface area contributed by atoms with Crippen LogP contribution in [0, 0.1) is 0 Å². The summed E-state index contributed by atoms with van der Waals surface area (Å²) in [6.45, 7) is 5.90. The molecule has 0 unspecified atom stereocenters. The van der Waals surface area contributed by atoms with Crippen molar-refractivity contribution < 1.29 is 26.4 Å². The first-order valence-electron chi connectivity index (χ1n) is 10.9. The highest BCUT2D eigenvalue weighted by Crippen LogP contribution is 2.36. The fourth-order valence-electron chi connectivity index (χ4n) is 3.88. The van der Waals surface area contributed by atoms with Gasteiger partial charge in [0.05, 0.1) is 27.2 Å². The zero-order chi connectivity index (χ0) is 26.5. The van der Waals surface area contributed by atoms with E-state index in [1.165, 1.54) is 24.4 Å². The molecule has 1 heterocycles. The quantitative estimate of drug-likeness (QED) is 0.268. The van der Waals surface area contributed by atoms with Gasteiger partial charge in [0, 0.05) is 17.4 Å². The van der Waals surface area contributed by atoms with Crippen LogP contribution in [-0.4, -0.2) is 23.4 Å². The number of rotatable bonds is 5. The molecule has 10 heteroatoms. The molecule has 1 aromatic heterocycles. The van der Waals surface area contributed by atoms with Gasteiger partial charge in [-0.25, -0.2) is 0 Å². The molecule has 4 aromatic rings. The van der Waals surface area contributed by atoms with Gasteiger partial charge in [0.2, 0.25) is 0 Å². The molecule has 0 aliphatic rings. The van der Waals surface area contributed by atoms with E-state index in [1.54, 1.807) is 24.3 Å². The van der Waals surface area contributed by atoms with Gasteiger partial charge in [0.15, 0.2) is 5.78 Å². The molecule has 0 N–H and O–H groups in total. The standard InChI is InChI=1S/C26H22ClF3N2O3S/c1-25(2,3)18-6-4-7-19(14-18)36(34,35)32-22-12-16(10-11-17(22)15-31-32)13-23(33)24-20(26(28,29)30)8-5-9-21(24)27/h4-12,14-15H,13H2,1-3H3. The van der Waals surface area contributed by atoms with Gasteiger partial charge < -0.3 is 0 Å². The van der Waals surface area contributed by atoms with Crippen LogP contribution in [0.3, 0.4) is 0 Å². The summed E-state index contributed by atoms with van der Waals surface area (Å²) in [5.74, 6) is -0.834. The van der Waals surface area contributed by atoms with Gasteiger partial charge >= 0.3 is 6.18 Å². The van der Waals surface area contributed by atoms with Crippen molar-refractivity contribution in [3.63, 3.8) is 0 Å². The van der Waals surface area contributed by atoms with Crippen molar-refractivity contribution >= 4 is 38.3 Å². The molecular formula is C26H22ClF3N2O3S. The lowest BCUT2D eigenvalue weighted by Crippen LogP contribution is -2.17. The van der Waals surface area contributed by atoms with E-state index in [0.29, 0.717) is 10.9 Å². The number of alkyl halides is 3. The van der Waals surface area contributed by atoms with Crippen LogP contribution >= 0.6 is 11.6 Å². The Balaban J connectivity index is 1.74. The Morgan fingerprint density at radius 1 is 1.00 bits per heavy atom. The van der Waals surface area contributed by atoms with Crippen LogP contribution in [0.25, 0.3) is 10.9 Å². The van der Waals surface area contributed by atoms with Gasteiger partial charge in [-0.1, -0.05) is 62.7 Å². The molecule has 0 saturated heterocycles. The smallest absolute Gasteiger partial charge is 0.294 e. The van der Waals surface area contributed by atoms with Crippen molar-refractivity contribution in [3.05, 3.63) is 94.1 Å². The second-order valence-corrected chi connectivity index (χ2v) is 11.6. The predicted octanol–water partition coefficient (Wildman–Crippen LogP) is 6.67. The maximum atomic E-state index is 13.5. The topological polar surface area (TPSA) is 69.0 Å². The first-order chi connectivity index (χ1) is 16.7. The molecular weight excluding hydrogens is 513 g/mol. The number of hydrogen-bond donors (Lipinski definition) is 0. The monoisotopic (exact) mass is 534 g/mol. The molecule has 0 saturated carbocycles. The molecule has 36 heavy (non-hydrogen) atoms. The Morgan fingerprint density at radius 2 is 1.69 bits per heavy atom. The van der Waals surface area contributed by atoms with E-state index >= 15 is 0 Å². The number of Topliss-reactive ketones (excluding diaryl/α,β-unsaturated/α-hetero) is 1. The molecule has 0 spiro atoms. The van der Waals surface area contributed by atoms with E-state index in [4.69, 9.17) is 11.6 Å². The Kier molecular flexibility index (Phi) is 6.51. The maximum absolute atomic E-state index is 13.5. The van der Waals surface area contributed by atoms with Crippen LogP contribution < -0.4 is 0 Å². The second-order valence-electron chi connectivity index (χ2n) is 9.42. The Bertz CT molecular complexity index is 1590. The van der Waals surface area contributed by atoms with Crippen molar-refractivity contribution in [3.8, 4) is 0 Å². The summed E-state index contributed by atoms with van der Waals surface area (Å²) in [7, 11) is -4.08. The van der Waals surface area contributed by atoms with Crippen molar-refractivity contribution in [1.82, 2.24) is 9.19 Å². The highest BCUT2D eigenvalue weighted by atomic mass is 35.5. The van der Waals surface area contributed by atoms with Gasteiger partial charge in [-0.05, 0) is 46.9 Å². The summed E-state index contributed by atoms with van der Waals surface area (Å²) in [5.41, 5.74) is -0.664. The van der Waals surface area contributed by atoms with Crippen LogP contribution in [0.15, 0.2) is 71.8 Å². The molecule has 3 aromatic carbocycles. The molecule has 4 rings (SSSR count). The number of benzene rings is 3. The predicted molar refractivity (Wildman–Crippen MR) is 132 cm³/mol. The lowest BCUT2D eigenvalue weighted by Gasteiger charge is -2.19. The second kappa shape index (κ2) is 9.05. The number of aromatic nitrogens is 2. The SMILES string of the molecule is CC(C)(C)c1cccc(S(=O)(=O)n2ncc3ccc(CC(=O)c4c(Cl)cccc4C(F)(F)F)cc32)c1. The summed E-state index contributed by atoms with van der Waals surface area (Å²) in [6.07, 6.45) is -3.79. The number of hydrogen-bond acceptors (Lipinski definition) is 4. The van der Waals surface area contributed by atoms with E-state index in [1.807, 2.05) is 26.8 Å². The Hall–Kier alpha value is -3.17. The third-order valence-electron chi connectivity index (χ3n) is 5.79. The van der Waals surface area contributed by atoms with Crippen molar-refractivity contribution in [2.24, 2.45) is 0 Å². The average molecular weight is 535 g/mol. The fraction of sp³-hybridized carbons (Fsp3) is 0.231. The summed E-state index contributed by atoms with van der Waals surface area (Å²) >= 11 is 5.96. The third-order valence-corrected chi connectivity index (χ3v) is 7.70. The van der Waals surface area contributed by atoms with Crippen LogP contribution in [0.2, 0.25) is 5.02 Å². The largest absolute Gasteiger partial charge is 0.417 e. The molecule has 0 aliphatic carbocycles. The van der Waals surface area contributed by atoms with Crippen molar-refractivity contribution in [1.29, 1.82) is 0 Å². The number of nitrogens with zero attached hydrogens (tertiary/aromatic N) is 2. The number of halogens is 4. The summed E-state index contributed by atoms with van der Waals surface area (Å²) in [5, 5.41) is 4.24. The summed E-state index contributed by atoms with van der Waals surface area (Å²) < 4.78 is 68.1. The van der Waals surface area contributed by atoms with Gasteiger partial charge in [-0.15, -0.1) is 0 Å². The maximum Gasteiger partial charge on any atom is 0.417 e. The minimum atomic E-state index is -4.76. The van der Waals surface area contributed by atoms with E-state index in [-0.39, 0.29) is 20.8 Å². The molecule has 188 valence electrons.